The second-order valence-electron chi connectivity index (χ2n) is 9.49. The predicted molar refractivity (Wildman–Crippen MR) is 99.6 cm³/mol. The molecule has 144 valence electrons. The van der Waals surface area contributed by atoms with E-state index in [1.807, 2.05) is 0 Å². The number of hydrogen-bond acceptors (Lipinski definition) is 4. The van der Waals surface area contributed by atoms with Crippen molar-refractivity contribution in [3.63, 3.8) is 0 Å². The molecule has 0 bridgehead atoms. The maximum atomic E-state index is 12.9. The van der Waals surface area contributed by atoms with Gasteiger partial charge in [-0.3, -0.25) is 19.4 Å². The summed E-state index contributed by atoms with van der Waals surface area (Å²) in [5, 5.41) is 1.41. The first kappa shape index (κ1) is 18.1. The molecule has 1 amide bonds. The molecule has 3 unspecified atom stereocenters. The summed E-state index contributed by atoms with van der Waals surface area (Å²) < 4.78 is 0. The minimum absolute atomic E-state index is 0.0545. The van der Waals surface area contributed by atoms with Crippen LogP contribution in [0.2, 0.25) is 0 Å². The number of hydrogen-bond donors (Lipinski definition) is 0. The SMILES string of the molecule is CON(C)C(=O)[C@H]1CCC2C3CN=C4CC(=O)CC[C@]4(C)C3CC[C@@]21C. The summed E-state index contributed by atoms with van der Waals surface area (Å²) in [6.07, 6.45) is 6.57. The molecule has 1 aliphatic heterocycles. The number of hydroxylamine groups is 2. The van der Waals surface area contributed by atoms with Gasteiger partial charge >= 0.3 is 0 Å². The topological polar surface area (TPSA) is 59.0 Å². The first-order valence-electron chi connectivity index (χ1n) is 10.2. The van der Waals surface area contributed by atoms with Crippen molar-refractivity contribution in [3.8, 4) is 0 Å². The van der Waals surface area contributed by atoms with Crippen molar-refractivity contribution >= 4 is 17.4 Å². The van der Waals surface area contributed by atoms with E-state index in [1.165, 1.54) is 10.8 Å². The second kappa shape index (κ2) is 6.15. The largest absolute Gasteiger partial charge is 0.299 e. The van der Waals surface area contributed by atoms with Crippen LogP contribution in [0.5, 0.6) is 0 Å². The molecule has 0 N–H and O–H groups in total. The average Bonchev–Trinajstić information content (AvgIpc) is 2.98. The number of nitrogens with zero attached hydrogens (tertiary/aromatic N) is 2. The maximum absolute atomic E-state index is 12.9. The molecule has 3 saturated carbocycles. The lowest BCUT2D eigenvalue weighted by molar-refractivity contribution is -0.179. The van der Waals surface area contributed by atoms with Crippen LogP contribution >= 0.6 is 0 Å². The quantitative estimate of drug-likeness (QED) is 0.710. The summed E-state index contributed by atoms with van der Waals surface area (Å²) in [5.41, 5.74) is 1.33. The van der Waals surface area contributed by atoms with Crippen molar-refractivity contribution in [2.75, 3.05) is 20.7 Å². The fourth-order valence-electron chi connectivity index (χ4n) is 6.92. The van der Waals surface area contributed by atoms with Crippen LogP contribution in [0.25, 0.3) is 0 Å². The van der Waals surface area contributed by atoms with Gasteiger partial charge in [0.15, 0.2) is 0 Å². The van der Waals surface area contributed by atoms with Gasteiger partial charge in [0.25, 0.3) is 0 Å². The van der Waals surface area contributed by atoms with Crippen LogP contribution in [0, 0.1) is 34.5 Å². The highest BCUT2D eigenvalue weighted by atomic mass is 16.7. The van der Waals surface area contributed by atoms with E-state index in [1.54, 1.807) is 14.2 Å². The normalized spacial score (nSPS) is 44.6. The molecule has 0 aromatic heterocycles. The minimum Gasteiger partial charge on any atom is -0.299 e. The van der Waals surface area contributed by atoms with Crippen LogP contribution in [-0.4, -0.2) is 43.2 Å². The highest BCUT2D eigenvalue weighted by Crippen LogP contribution is 2.63. The van der Waals surface area contributed by atoms with E-state index in [-0.39, 0.29) is 22.7 Å². The molecule has 0 aromatic carbocycles. The summed E-state index contributed by atoms with van der Waals surface area (Å²) in [5.74, 6) is 2.28. The fraction of sp³-hybridized carbons (Fsp3) is 0.857. The van der Waals surface area contributed by atoms with E-state index in [2.05, 4.69) is 13.8 Å². The number of amides is 1. The van der Waals surface area contributed by atoms with Gasteiger partial charge < -0.3 is 0 Å². The zero-order valence-corrected chi connectivity index (χ0v) is 16.6. The molecule has 6 atom stereocenters. The summed E-state index contributed by atoms with van der Waals surface area (Å²) in [7, 11) is 3.29. The third-order valence-electron chi connectivity index (χ3n) is 8.58. The monoisotopic (exact) mass is 360 g/mol. The lowest BCUT2D eigenvalue weighted by Crippen LogP contribution is -2.55. The Labute approximate surface area is 156 Å². The van der Waals surface area contributed by atoms with Crippen molar-refractivity contribution in [1.29, 1.82) is 0 Å². The standard InChI is InChI=1S/C21H32N2O3/c1-20-10-8-16-14(12-22-18-11-13(24)7-9-21(16,18)2)15(20)5-6-17(20)19(25)23(3)26-4/h14-17H,5-12H2,1-4H3/t14?,15?,16?,17-,20+,21-/m1/s1. The zero-order valence-electron chi connectivity index (χ0n) is 16.6. The van der Waals surface area contributed by atoms with Crippen molar-refractivity contribution in [3.05, 3.63) is 0 Å². The van der Waals surface area contributed by atoms with E-state index in [0.29, 0.717) is 36.4 Å². The van der Waals surface area contributed by atoms with E-state index in [9.17, 15) is 9.59 Å². The molecule has 4 aliphatic rings. The Bertz CT molecular complexity index is 660. The van der Waals surface area contributed by atoms with E-state index < -0.39 is 0 Å². The van der Waals surface area contributed by atoms with Crippen LogP contribution in [0.1, 0.15) is 58.8 Å². The molecule has 4 rings (SSSR count). The predicted octanol–water partition coefficient (Wildman–Crippen LogP) is 3.28. The van der Waals surface area contributed by atoms with Gasteiger partial charge in [-0.25, -0.2) is 5.06 Å². The molecule has 0 spiro atoms. The molecule has 0 radical (unpaired) electrons. The van der Waals surface area contributed by atoms with Crippen LogP contribution in [0.4, 0.5) is 0 Å². The van der Waals surface area contributed by atoms with Crippen molar-refractivity contribution in [2.45, 2.75) is 58.8 Å². The van der Waals surface area contributed by atoms with Crippen LogP contribution < -0.4 is 0 Å². The number of ketones is 1. The number of rotatable bonds is 2. The van der Waals surface area contributed by atoms with Crippen molar-refractivity contribution in [1.82, 2.24) is 5.06 Å². The van der Waals surface area contributed by atoms with Crippen LogP contribution in [-0.2, 0) is 14.4 Å². The molecule has 5 heteroatoms. The molecule has 0 aromatic rings. The summed E-state index contributed by atoms with van der Waals surface area (Å²) in [4.78, 5) is 34.9. The van der Waals surface area contributed by atoms with E-state index in [0.717, 1.165) is 38.6 Å². The highest BCUT2D eigenvalue weighted by Gasteiger charge is 2.60. The van der Waals surface area contributed by atoms with Crippen molar-refractivity contribution in [2.24, 2.45) is 39.5 Å². The van der Waals surface area contributed by atoms with Gasteiger partial charge in [0.05, 0.1) is 7.11 Å². The average molecular weight is 360 g/mol. The van der Waals surface area contributed by atoms with Crippen molar-refractivity contribution < 1.29 is 14.4 Å². The molecule has 1 heterocycles. The fourth-order valence-corrected chi connectivity index (χ4v) is 6.92. The van der Waals surface area contributed by atoms with Gasteiger partial charge in [0, 0.05) is 43.5 Å². The first-order chi connectivity index (χ1) is 12.3. The minimum atomic E-state index is 0.0545. The number of Topliss-reactive ketones (excluding diaryl/α,β-unsaturated/α-hetero) is 1. The van der Waals surface area contributed by atoms with Gasteiger partial charge in [-0.05, 0) is 55.3 Å². The summed E-state index contributed by atoms with van der Waals surface area (Å²) in [6, 6.07) is 0. The maximum Gasteiger partial charge on any atom is 0.249 e. The third kappa shape index (κ3) is 2.42. The number of aliphatic imine (C=N–C) groups is 1. The summed E-state index contributed by atoms with van der Waals surface area (Å²) in [6.45, 7) is 5.54. The molecular formula is C21H32N2O3. The van der Waals surface area contributed by atoms with Gasteiger partial charge in [0.2, 0.25) is 5.91 Å². The van der Waals surface area contributed by atoms with Gasteiger partial charge in [-0.1, -0.05) is 13.8 Å². The Balaban J connectivity index is 1.62. The second-order valence-corrected chi connectivity index (χ2v) is 9.49. The lowest BCUT2D eigenvalue weighted by Gasteiger charge is -2.56. The highest BCUT2D eigenvalue weighted by molar-refractivity contribution is 6.07. The van der Waals surface area contributed by atoms with E-state index in [4.69, 9.17) is 9.83 Å². The Hall–Kier alpha value is -1.23. The smallest absolute Gasteiger partial charge is 0.249 e. The number of carbonyl (C=O) groups excluding carboxylic acids is 2. The Morgan fingerprint density at radius 2 is 1.96 bits per heavy atom. The zero-order chi connectivity index (χ0) is 18.7. The number of carbonyl (C=O) groups is 2. The van der Waals surface area contributed by atoms with E-state index >= 15 is 0 Å². The van der Waals surface area contributed by atoms with Gasteiger partial charge in [0.1, 0.15) is 5.78 Å². The summed E-state index contributed by atoms with van der Waals surface area (Å²) >= 11 is 0. The Morgan fingerprint density at radius 3 is 2.69 bits per heavy atom. The molecule has 3 aliphatic carbocycles. The van der Waals surface area contributed by atoms with Crippen LogP contribution in [0.15, 0.2) is 4.99 Å². The molecular weight excluding hydrogens is 328 g/mol. The molecule has 3 fully saturated rings. The number of fused-ring (bicyclic) bond motifs is 5. The Kier molecular flexibility index (Phi) is 4.29. The third-order valence-corrected chi connectivity index (χ3v) is 8.58. The molecule has 5 nitrogen and oxygen atoms in total. The molecule has 0 saturated heterocycles. The Morgan fingerprint density at radius 1 is 1.19 bits per heavy atom. The molecule has 26 heavy (non-hydrogen) atoms. The lowest BCUT2D eigenvalue weighted by atomic mass is 9.49. The van der Waals surface area contributed by atoms with Crippen LogP contribution in [0.3, 0.4) is 0 Å². The van der Waals surface area contributed by atoms with Gasteiger partial charge in [-0.15, -0.1) is 0 Å². The first-order valence-corrected chi connectivity index (χ1v) is 10.2. The van der Waals surface area contributed by atoms with Gasteiger partial charge in [-0.2, -0.15) is 0 Å².